The first-order valence-corrected chi connectivity index (χ1v) is 7.83. The summed E-state index contributed by atoms with van der Waals surface area (Å²) >= 11 is 0. The van der Waals surface area contributed by atoms with E-state index in [0.29, 0.717) is 22.7 Å². The molecule has 7 nitrogen and oxygen atoms in total. The second-order valence-corrected chi connectivity index (χ2v) is 6.07. The van der Waals surface area contributed by atoms with Crippen LogP contribution >= 0.6 is 0 Å². The standard InChI is InChI=1S/C18H15N3O4/c1-11(22)20-15-7-4-3-6-13(15)18(17(20)24)10-14(16-8-5-9-25-16)19-21(18)12(2)23/h3-9H,10H2,1-2H3/t18-/m0/s1. The maximum atomic E-state index is 13.3. The number of rotatable bonds is 1. The van der Waals surface area contributed by atoms with Crippen LogP contribution in [0.1, 0.15) is 31.6 Å². The van der Waals surface area contributed by atoms with Gasteiger partial charge < -0.3 is 4.42 Å². The minimum Gasteiger partial charge on any atom is -0.463 e. The highest BCUT2D eigenvalue weighted by atomic mass is 16.3. The van der Waals surface area contributed by atoms with Gasteiger partial charge in [-0.1, -0.05) is 18.2 Å². The van der Waals surface area contributed by atoms with Crippen molar-refractivity contribution in [3.8, 4) is 0 Å². The van der Waals surface area contributed by atoms with E-state index in [-0.39, 0.29) is 12.3 Å². The quantitative estimate of drug-likeness (QED) is 0.797. The number of furan rings is 1. The van der Waals surface area contributed by atoms with E-state index in [9.17, 15) is 14.4 Å². The van der Waals surface area contributed by atoms with Gasteiger partial charge in [0.15, 0.2) is 5.54 Å². The fourth-order valence-electron chi connectivity index (χ4n) is 3.59. The molecule has 2 aromatic rings. The lowest BCUT2D eigenvalue weighted by Crippen LogP contribution is -2.51. The number of hydrogen-bond donors (Lipinski definition) is 0. The molecule has 0 saturated heterocycles. The van der Waals surface area contributed by atoms with Gasteiger partial charge in [-0.05, 0) is 18.2 Å². The molecule has 2 aliphatic rings. The third-order valence-corrected chi connectivity index (χ3v) is 4.57. The predicted octanol–water partition coefficient (Wildman–Crippen LogP) is 2.02. The summed E-state index contributed by atoms with van der Waals surface area (Å²) in [6, 6.07) is 10.4. The largest absolute Gasteiger partial charge is 0.463 e. The monoisotopic (exact) mass is 337 g/mol. The molecular formula is C18H15N3O4. The van der Waals surface area contributed by atoms with Gasteiger partial charge in [0, 0.05) is 25.8 Å². The van der Waals surface area contributed by atoms with Gasteiger partial charge >= 0.3 is 0 Å². The molecule has 7 heteroatoms. The normalized spacial score (nSPS) is 21.7. The molecule has 0 bridgehead atoms. The second kappa shape index (κ2) is 5.14. The Morgan fingerprint density at radius 3 is 2.52 bits per heavy atom. The van der Waals surface area contributed by atoms with Gasteiger partial charge in [0.05, 0.1) is 12.0 Å². The van der Waals surface area contributed by atoms with Crippen LogP contribution in [0.5, 0.6) is 0 Å². The zero-order chi connectivity index (χ0) is 17.8. The molecule has 25 heavy (non-hydrogen) atoms. The van der Waals surface area contributed by atoms with E-state index in [0.717, 1.165) is 4.90 Å². The molecule has 4 rings (SSSR count). The predicted molar refractivity (Wildman–Crippen MR) is 88.7 cm³/mol. The summed E-state index contributed by atoms with van der Waals surface area (Å²) in [6.45, 7) is 2.68. The van der Waals surface area contributed by atoms with Gasteiger partial charge in [0.1, 0.15) is 11.5 Å². The van der Waals surface area contributed by atoms with E-state index >= 15 is 0 Å². The van der Waals surface area contributed by atoms with Crippen molar-refractivity contribution in [2.75, 3.05) is 4.90 Å². The molecule has 2 aliphatic heterocycles. The smallest absolute Gasteiger partial charge is 0.266 e. The molecule has 0 unspecified atom stereocenters. The van der Waals surface area contributed by atoms with Gasteiger partial charge in [-0.3, -0.25) is 14.4 Å². The summed E-state index contributed by atoms with van der Waals surface area (Å²) in [7, 11) is 0. The molecule has 1 aromatic heterocycles. The summed E-state index contributed by atoms with van der Waals surface area (Å²) < 4.78 is 5.39. The minimum atomic E-state index is -1.35. The van der Waals surface area contributed by atoms with Gasteiger partial charge in [0.2, 0.25) is 11.8 Å². The highest BCUT2D eigenvalue weighted by molar-refractivity contribution is 6.24. The van der Waals surface area contributed by atoms with Crippen LogP contribution in [-0.4, -0.2) is 28.4 Å². The number of benzene rings is 1. The van der Waals surface area contributed by atoms with Crippen molar-refractivity contribution < 1.29 is 18.8 Å². The first kappa shape index (κ1) is 15.3. The maximum Gasteiger partial charge on any atom is 0.266 e. The molecule has 1 aromatic carbocycles. The average Bonchev–Trinajstić information content (AvgIpc) is 3.27. The first-order valence-electron chi connectivity index (χ1n) is 7.83. The number of hydrazone groups is 1. The summed E-state index contributed by atoms with van der Waals surface area (Å²) in [6.07, 6.45) is 1.66. The van der Waals surface area contributed by atoms with Crippen LogP contribution in [0, 0.1) is 0 Å². The lowest BCUT2D eigenvalue weighted by Gasteiger charge is -2.30. The molecule has 1 spiro atoms. The molecular weight excluding hydrogens is 322 g/mol. The molecule has 0 N–H and O–H groups in total. The van der Waals surface area contributed by atoms with Crippen LogP contribution in [0.3, 0.4) is 0 Å². The van der Waals surface area contributed by atoms with Crippen LogP contribution in [0.4, 0.5) is 5.69 Å². The SMILES string of the molecule is CC(=O)N1C(=O)[C@]2(CC(c3ccco3)=NN2C(C)=O)c2ccccc21. The Labute approximate surface area is 143 Å². The number of carbonyl (C=O) groups is 3. The summed E-state index contributed by atoms with van der Waals surface area (Å²) in [4.78, 5) is 38.8. The second-order valence-electron chi connectivity index (χ2n) is 6.07. The van der Waals surface area contributed by atoms with Crippen molar-refractivity contribution in [2.24, 2.45) is 5.10 Å². The number of anilines is 1. The van der Waals surface area contributed by atoms with E-state index < -0.39 is 17.4 Å². The molecule has 3 heterocycles. The number of amides is 3. The molecule has 1 atom stereocenters. The molecule has 0 radical (unpaired) electrons. The Bertz CT molecular complexity index is 932. The molecule has 126 valence electrons. The molecule has 0 aliphatic carbocycles. The number of imide groups is 1. The lowest BCUT2D eigenvalue weighted by molar-refractivity contribution is -0.144. The Morgan fingerprint density at radius 1 is 1.12 bits per heavy atom. The molecule has 0 fully saturated rings. The molecule has 0 saturated carbocycles. The van der Waals surface area contributed by atoms with Crippen LogP contribution < -0.4 is 4.90 Å². The van der Waals surface area contributed by atoms with Crippen molar-refractivity contribution in [2.45, 2.75) is 25.8 Å². The van der Waals surface area contributed by atoms with Crippen molar-refractivity contribution in [1.82, 2.24) is 5.01 Å². The third-order valence-electron chi connectivity index (χ3n) is 4.57. The summed E-state index contributed by atoms with van der Waals surface area (Å²) in [5.74, 6) is -0.754. The van der Waals surface area contributed by atoms with Gasteiger partial charge in [-0.2, -0.15) is 5.10 Å². The first-order chi connectivity index (χ1) is 12.0. The number of fused-ring (bicyclic) bond motifs is 2. The van der Waals surface area contributed by atoms with Crippen LogP contribution in [0.15, 0.2) is 52.2 Å². The highest BCUT2D eigenvalue weighted by Gasteiger charge is 2.60. The summed E-state index contributed by atoms with van der Waals surface area (Å²) in [5, 5.41) is 5.53. The van der Waals surface area contributed by atoms with Crippen molar-refractivity contribution in [1.29, 1.82) is 0 Å². The van der Waals surface area contributed by atoms with E-state index in [2.05, 4.69) is 5.10 Å². The maximum absolute atomic E-state index is 13.3. The van der Waals surface area contributed by atoms with Gasteiger partial charge in [-0.25, -0.2) is 9.91 Å². The summed E-state index contributed by atoms with van der Waals surface area (Å²) in [5.41, 5.74) is 0.225. The van der Waals surface area contributed by atoms with Crippen LogP contribution in [-0.2, 0) is 19.9 Å². The average molecular weight is 337 g/mol. The third kappa shape index (κ3) is 1.92. The zero-order valence-corrected chi connectivity index (χ0v) is 13.7. The van der Waals surface area contributed by atoms with Crippen molar-refractivity contribution >= 4 is 29.1 Å². The Balaban J connectivity index is 1.93. The number of hydrogen-bond acceptors (Lipinski definition) is 5. The van der Waals surface area contributed by atoms with E-state index in [4.69, 9.17) is 4.42 Å². The zero-order valence-electron chi connectivity index (χ0n) is 13.7. The molecule has 3 amide bonds. The fourth-order valence-corrected chi connectivity index (χ4v) is 3.59. The van der Waals surface area contributed by atoms with E-state index in [1.54, 1.807) is 36.4 Å². The van der Waals surface area contributed by atoms with Gasteiger partial charge in [-0.15, -0.1) is 0 Å². The Hall–Kier alpha value is -3.22. The van der Waals surface area contributed by atoms with E-state index in [1.165, 1.54) is 25.1 Å². The number of nitrogens with zero attached hydrogens (tertiary/aromatic N) is 3. The van der Waals surface area contributed by atoms with Crippen molar-refractivity contribution in [3.05, 3.63) is 54.0 Å². The van der Waals surface area contributed by atoms with Crippen LogP contribution in [0.2, 0.25) is 0 Å². The fraction of sp³-hybridized carbons (Fsp3) is 0.222. The topological polar surface area (TPSA) is 83.2 Å². The Morgan fingerprint density at radius 2 is 1.88 bits per heavy atom. The Kier molecular flexibility index (Phi) is 3.15. The number of carbonyl (C=O) groups excluding carboxylic acids is 3. The van der Waals surface area contributed by atoms with Gasteiger partial charge in [0.25, 0.3) is 5.91 Å². The van der Waals surface area contributed by atoms with E-state index in [1.807, 2.05) is 0 Å². The lowest BCUT2D eigenvalue weighted by atomic mass is 9.86. The minimum absolute atomic E-state index is 0.153. The number of para-hydroxylation sites is 1. The van der Waals surface area contributed by atoms with Crippen molar-refractivity contribution in [3.63, 3.8) is 0 Å². The highest BCUT2D eigenvalue weighted by Crippen LogP contribution is 2.49. The van der Waals surface area contributed by atoms with Crippen LogP contribution in [0.25, 0.3) is 0 Å².